The number of allylic oxidation sites excluding steroid dienone is 1. The lowest BCUT2D eigenvalue weighted by molar-refractivity contribution is -0.114. The number of H-pyrrole nitrogens is 1. The van der Waals surface area contributed by atoms with Crippen molar-refractivity contribution in [2.75, 3.05) is 6.54 Å². The number of benzene rings is 2. The Morgan fingerprint density at radius 3 is 2.50 bits per heavy atom. The molecule has 1 aliphatic heterocycles. The fraction of sp³-hybridized carbons (Fsp3) is 0.333. The van der Waals surface area contributed by atoms with E-state index in [0.717, 1.165) is 59.3 Å². The average Bonchev–Trinajstić information content (AvgIpc) is 3.38. The van der Waals surface area contributed by atoms with E-state index in [1.807, 2.05) is 18.2 Å². The monoisotopic (exact) mass is 429 g/mol. The number of primary amides is 1. The van der Waals surface area contributed by atoms with Crippen LogP contribution in [0.4, 0.5) is 0 Å². The topological polar surface area (TPSA) is 113 Å². The van der Waals surface area contributed by atoms with Gasteiger partial charge in [-0.1, -0.05) is 55.5 Å². The molecule has 0 spiro atoms. The summed E-state index contributed by atoms with van der Waals surface area (Å²) in [5, 5.41) is 16.6. The summed E-state index contributed by atoms with van der Waals surface area (Å²) in [5.74, 6) is 0.770. The summed E-state index contributed by atoms with van der Waals surface area (Å²) in [6, 6.07) is 16.5. The van der Waals surface area contributed by atoms with E-state index in [1.165, 1.54) is 0 Å². The first kappa shape index (κ1) is 20.4. The normalized spacial score (nSPS) is 18.4. The van der Waals surface area contributed by atoms with Crippen LogP contribution in [0.3, 0.4) is 0 Å². The number of nitrogens with zero attached hydrogens (tertiary/aromatic N) is 4. The van der Waals surface area contributed by atoms with Crippen LogP contribution in [0.1, 0.15) is 31.7 Å². The molecule has 164 valence electrons. The lowest BCUT2D eigenvalue weighted by atomic mass is 9.95. The van der Waals surface area contributed by atoms with E-state index in [4.69, 9.17) is 5.73 Å². The molecule has 32 heavy (non-hydrogen) atoms. The Kier molecular flexibility index (Phi) is 5.45. The van der Waals surface area contributed by atoms with Gasteiger partial charge >= 0.3 is 0 Å². The van der Waals surface area contributed by atoms with Crippen molar-refractivity contribution in [1.82, 2.24) is 31.1 Å². The Morgan fingerprint density at radius 2 is 1.88 bits per heavy atom. The lowest BCUT2D eigenvalue weighted by Crippen LogP contribution is -2.40. The first-order chi connectivity index (χ1) is 15.7. The molecule has 1 atom stereocenters. The summed E-state index contributed by atoms with van der Waals surface area (Å²) in [7, 11) is 0. The van der Waals surface area contributed by atoms with Crippen molar-refractivity contribution in [3.63, 3.8) is 0 Å². The third-order valence-corrected chi connectivity index (χ3v) is 6.20. The quantitative estimate of drug-likeness (QED) is 0.508. The standard InChI is InChI=1S/C24H27N7O/c1-2-13-31-20(21(23(25)32)22(28-31)17-11-12-17)14-15-7-9-16(10-8-15)18-5-3-4-6-19(18)24-26-29-30-27-24/h3-10,17,22,28H,2,11-14H2,1H3,(H2,25,32)(H,26,27,29,30). The predicted octanol–water partition coefficient (Wildman–Crippen LogP) is 2.82. The third kappa shape index (κ3) is 3.89. The second kappa shape index (κ2) is 8.55. The SMILES string of the molecule is CCCN1NC(C2CC2)C(C(N)=O)=C1Cc1ccc(-c2ccccc2-c2nn[nH]n2)cc1. The number of aromatic nitrogens is 4. The fourth-order valence-corrected chi connectivity index (χ4v) is 4.52. The molecule has 1 aliphatic carbocycles. The Morgan fingerprint density at radius 1 is 1.12 bits per heavy atom. The molecule has 0 saturated heterocycles. The third-order valence-electron chi connectivity index (χ3n) is 6.20. The van der Waals surface area contributed by atoms with Gasteiger partial charge in [-0.15, -0.1) is 10.2 Å². The fourth-order valence-electron chi connectivity index (χ4n) is 4.52. The van der Waals surface area contributed by atoms with E-state index in [9.17, 15) is 4.79 Å². The zero-order valence-electron chi connectivity index (χ0n) is 18.1. The van der Waals surface area contributed by atoms with E-state index in [2.05, 4.69) is 68.3 Å². The summed E-state index contributed by atoms with van der Waals surface area (Å²) in [4.78, 5) is 12.4. The Hall–Kier alpha value is -3.52. The van der Waals surface area contributed by atoms with Crippen LogP contribution in [-0.2, 0) is 11.2 Å². The summed E-state index contributed by atoms with van der Waals surface area (Å²) >= 11 is 0. The number of rotatable bonds is 8. The van der Waals surface area contributed by atoms with E-state index >= 15 is 0 Å². The molecule has 0 bridgehead atoms. The second-order valence-electron chi connectivity index (χ2n) is 8.48. The van der Waals surface area contributed by atoms with Crippen molar-refractivity contribution in [3.05, 3.63) is 65.4 Å². The maximum atomic E-state index is 12.4. The first-order valence-corrected chi connectivity index (χ1v) is 11.1. The molecule has 3 aromatic rings. The molecule has 1 aromatic heterocycles. The summed E-state index contributed by atoms with van der Waals surface area (Å²) < 4.78 is 0. The van der Waals surface area contributed by atoms with Gasteiger partial charge in [-0.25, -0.2) is 5.43 Å². The van der Waals surface area contributed by atoms with Crippen molar-refractivity contribution in [2.45, 2.75) is 38.6 Å². The van der Waals surface area contributed by atoms with Crippen LogP contribution in [-0.4, -0.2) is 44.1 Å². The molecular weight excluding hydrogens is 402 g/mol. The molecule has 2 heterocycles. The van der Waals surface area contributed by atoms with E-state index < -0.39 is 0 Å². The minimum absolute atomic E-state index is 0.0511. The van der Waals surface area contributed by atoms with Crippen LogP contribution >= 0.6 is 0 Å². The van der Waals surface area contributed by atoms with Crippen molar-refractivity contribution >= 4 is 5.91 Å². The van der Waals surface area contributed by atoms with Gasteiger partial charge in [-0.05, 0) is 47.1 Å². The Balaban J connectivity index is 1.44. The van der Waals surface area contributed by atoms with Gasteiger partial charge in [0, 0.05) is 24.2 Å². The molecule has 1 saturated carbocycles. The summed E-state index contributed by atoms with van der Waals surface area (Å²) in [6.07, 6.45) is 3.96. The van der Waals surface area contributed by atoms with Gasteiger partial charge in [0.1, 0.15) is 0 Å². The molecule has 0 radical (unpaired) electrons. The minimum atomic E-state index is -0.311. The number of tetrazole rings is 1. The van der Waals surface area contributed by atoms with Gasteiger partial charge in [-0.3, -0.25) is 4.79 Å². The number of nitrogens with one attached hydrogen (secondary N) is 2. The highest BCUT2D eigenvalue weighted by Crippen LogP contribution is 2.40. The highest BCUT2D eigenvalue weighted by Gasteiger charge is 2.42. The molecule has 8 nitrogen and oxygen atoms in total. The number of aromatic amines is 1. The van der Waals surface area contributed by atoms with Gasteiger partial charge in [-0.2, -0.15) is 5.21 Å². The molecule has 8 heteroatoms. The molecule has 5 rings (SSSR count). The number of hydrazine groups is 1. The van der Waals surface area contributed by atoms with E-state index in [1.54, 1.807) is 0 Å². The van der Waals surface area contributed by atoms with E-state index in [0.29, 0.717) is 18.2 Å². The van der Waals surface area contributed by atoms with Gasteiger partial charge < -0.3 is 10.7 Å². The van der Waals surface area contributed by atoms with Gasteiger partial charge in [0.25, 0.3) is 0 Å². The Bertz CT molecular complexity index is 1130. The summed E-state index contributed by atoms with van der Waals surface area (Å²) in [5.41, 5.74) is 15.3. The number of carbonyl (C=O) groups is 1. The molecule has 2 aliphatic rings. The number of hydrogen-bond donors (Lipinski definition) is 3. The van der Waals surface area contributed by atoms with Gasteiger partial charge in [0.05, 0.1) is 11.6 Å². The van der Waals surface area contributed by atoms with Crippen molar-refractivity contribution in [2.24, 2.45) is 11.7 Å². The van der Waals surface area contributed by atoms with Crippen LogP contribution in [0.25, 0.3) is 22.5 Å². The summed E-state index contributed by atoms with van der Waals surface area (Å²) in [6.45, 7) is 3.00. The average molecular weight is 430 g/mol. The number of nitrogens with two attached hydrogens (primary N) is 1. The van der Waals surface area contributed by atoms with Crippen LogP contribution in [0.5, 0.6) is 0 Å². The first-order valence-electron chi connectivity index (χ1n) is 11.1. The molecule has 1 unspecified atom stereocenters. The highest BCUT2D eigenvalue weighted by atomic mass is 16.1. The maximum Gasteiger partial charge on any atom is 0.248 e. The van der Waals surface area contributed by atoms with Crippen molar-refractivity contribution in [1.29, 1.82) is 0 Å². The van der Waals surface area contributed by atoms with Gasteiger partial charge in [0.15, 0.2) is 0 Å². The van der Waals surface area contributed by atoms with Crippen LogP contribution in [0.2, 0.25) is 0 Å². The molecular formula is C24H27N7O. The maximum absolute atomic E-state index is 12.4. The molecule has 4 N–H and O–H groups in total. The van der Waals surface area contributed by atoms with E-state index in [-0.39, 0.29) is 11.9 Å². The van der Waals surface area contributed by atoms with Crippen LogP contribution in [0, 0.1) is 5.92 Å². The molecule has 2 aromatic carbocycles. The van der Waals surface area contributed by atoms with Crippen LogP contribution < -0.4 is 11.2 Å². The predicted molar refractivity (Wildman–Crippen MR) is 122 cm³/mol. The zero-order chi connectivity index (χ0) is 22.1. The number of amides is 1. The van der Waals surface area contributed by atoms with Gasteiger partial charge in [0.2, 0.25) is 11.7 Å². The van der Waals surface area contributed by atoms with Crippen molar-refractivity contribution < 1.29 is 4.79 Å². The van der Waals surface area contributed by atoms with Crippen LogP contribution in [0.15, 0.2) is 59.8 Å². The van der Waals surface area contributed by atoms with Crippen molar-refractivity contribution in [3.8, 4) is 22.5 Å². The largest absolute Gasteiger partial charge is 0.366 e. The number of hydrogen-bond acceptors (Lipinski definition) is 6. The second-order valence-corrected chi connectivity index (χ2v) is 8.48. The number of carbonyl (C=O) groups excluding carboxylic acids is 1. The molecule has 1 fully saturated rings. The zero-order valence-corrected chi connectivity index (χ0v) is 18.1. The Labute approximate surface area is 186 Å². The minimum Gasteiger partial charge on any atom is -0.366 e. The highest BCUT2D eigenvalue weighted by molar-refractivity contribution is 5.94. The molecule has 1 amide bonds. The smallest absolute Gasteiger partial charge is 0.248 e. The lowest BCUT2D eigenvalue weighted by Gasteiger charge is -2.23.